The Morgan fingerprint density at radius 2 is 2.04 bits per heavy atom. The third kappa shape index (κ3) is 3.00. The first-order chi connectivity index (χ1) is 11.4. The molecular weight excluding hydrogens is 330 g/mol. The average molecular weight is 343 g/mol. The first-order valence-electron chi connectivity index (χ1n) is 6.80. The summed E-state index contributed by atoms with van der Waals surface area (Å²) in [4.78, 5) is 8.26. The van der Waals surface area contributed by atoms with Crippen LogP contribution in [0.5, 0.6) is 5.88 Å². The van der Waals surface area contributed by atoms with E-state index in [0.717, 1.165) is 11.8 Å². The highest BCUT2D eigenvalue weighted by molar-refractivity contribution is 7.92. The van der Waals surface area contributed by atoms with Crippen molar-refractivity contribution in [3.8, 4) is 23.1 Å². The molecule has 0 aliphatic rings. The molecule has 3 aromatic rings. The van der Waals surface area contributed by atoms with E-state index < -0.39 is 10.0 Å². The molecule has 0 saturated heterocycles. The summed E-state index contributed by atoms with van der Waals surface area (Å²) >= 11 is 0. The van der Waals surface area contributed by atoms with Gasteiger partial charge in [-0.25, -0.2) is 18.4 Å². The minimum absolute atomic E-state index is 0.172. The zero-order chi connectivity index (χ0) is 17.3. The number of hydrogen-bond donors (Lipinski definition) is 1. The lowest BCUT2D eigenvalue weighted by molar-refractivity contribution is 0.400. The van der Waals surface area contributed by atoms with Gasteiger partial charge in [-0.1, -0.05) is 0 Å². The van der Waals surface area contributed by atoms with Gasteiger partial charge in [-0.15, -0.1) is 0 Å². The van der Waals surface area contributed by atoms with Crippen LogP contribution >= 0.6 is 0 Å². The van der Waals surface area contributed by atoms with Gasteiger partial charge in [0.2, 0.25) is 15.9 Å². The fourth-order valence-electron chi connectivity index (χ4n) is 2.28. The molecule has 0 aliphatic carbocycles. The number of hydrogen-bond acceptors (Lipinski definition) is 6. The second kappa shape index (κ2) is 5.82. The van der Waals surface area contributed by atoms with Gasteiger partial charge in [0.05, 0.1) is 19.6 Å². The number of methoxy groups -OCH3 is 1. The Balaban J connectivity index is 2.12. The number of anilines is 1. The highest BCUT2D eigenvalue weighted by Crippen LogP contribution is 2.29. The summed E-state index contributed by atoms with van der Waals surface area (Å²) in [5, 5.41) is 9.11. The van der Waals surface area contributed by atoms with Crippen LogP contribution in [0.3, 0.4) is 0 Å². The van der Waals surface area contributed by atoms with E-state index in [1.807, 2.05) is 6.07 Å². The molecule has 0 aromatic carbocycles. The van der Waals surface area contributed by atoms with E-state index in [-0.39, 0.29) is 11.6 Å². The van der Waals surface area contributed by atoms with Crippen LogP contribution in [0.4, 0.5) is 5.69 Å². The van der Waals surface area contributed by atoms with E-state index in [0.29, 0.717) is 16.9 Å². The molecule has 0 fully saturated rings. The predicted octanol–water partition coefficient (Wildman–Crippen LogP) is 1.65. The lowest BCUT2D eigenvalue weighted by atomic mass is 10.1. The minimum atomic E-state index is -3.47. The predicted molar refractivity (Wildman–Crippen MR) is 88.2 cm³/mol. The van der Waals surface area contributed by atoms with Crippen LogP contribution in [0.15, 0.2) is 36.8 Å². The zero-order valence-corrected chi connectivity index (χ0v) is 13.7. The van der Waals surface area contributed by atoms with Crippen molar-refractivity contribution in [3.05, 3.63) is 42.5 Å². The van der Waals surface area contributed by atoms with Gasteiger partial charge in [0.25, 0.3) is 0 Å². The van der Waals surface area contributed by atoms with Crippen LogP contribution in [-0.4, -0.2) is 36.2 Å². The number of aromatic nitrogens is 3. The topological polar surface area (TPSA) is 109 Å². The quantitative estimate of drug-likeness (QED) is 0.771. The third-order valence-electron chi connectivity index (χ3n) is 3.29. The molecule has 24 heavy (non-hydrogen) atoms. The zero-order valence-electron chi connectivity index (χ0n) is 12.9. The molecule has 0 spiro atoms. The number of imidazole rings is 1. The maximum atomic E-state index is 11.5. The van der Waals surface area contributed by atoms with E-state index in [1.165, 1.54) is 13.3 Å². The Kier molecular flexibility index (Phi) is 3.83. The summed E-state index contributed by atoms with van der Waals surface area (Å²) in [5.41, 5.74) is 2.71. The van der Waals surface area contributed by atoms with Crippen LogP contribution in [0.1, 0.15) is 5.69 Å². The van der Waals surface area contributed by atoms with Crippen molar-refractivity contribution in [3.63, 3.8) is 0 Å². The lowest BCUT2D eigenvalue weighted by Crippen LogP contribution is -2.11. The standard InChI is InChI=1S/C15H13N5O3S/c1-23-15-13(19-24(2,21)22)5-11(7-18-15)10-3-4-14-17-8-12(6-16)20(14)9-10/h3-5,7-9,19H,1-2H3. The van der Waals surface area contributed by atoms with Crippen molar-refractivity contribution in [2.24, 2.45) is 0 Å². The van der Waals surface area contributed by atoms with Gasteiger partial charge in [-0.2, -0.15) is 5.26 Å². The molecular formula is C15H13N5O3S. The van der Waals surface area contributed by atoms with E-state index in [9.17, 15) is 8.42 Å². The molecule has 0 unspecified atom stereocenters. The molecule has 8 nitrogen and oxygen atoms in total. The summed E-state index contributed by atoms with van der Waals surface area (Å²) in [6.45, 7) is 0. The number of nitriles is 1. The van der Waals surface area contributed by atoms with Gasteiger partial charge in [0, 0.05) is 23.5 Å². The molecule has 122 valence electrons. The van der Waals surface area contributed by atoms with Crippen molar-refractivity contribution in [1.29, 1.82) is 5.26 Å². The molecule has 9 heteroatoms. The van der Waals surface area contributed by atoms with Crippen LogP contribution in [0, 0.1) is 11.3 Å². The largest absolute Gasteiger partial charge is 0.480 e. The maximum absolute atomic E-state index is 11.5. The van der Waals surface area contributed by atoms with Gasteiger partial charge in [0.1, 0.15) is 23.1 Å². The molecule has 0 radical (unpaired) electrons. The Bertz CT molecular complexity index is 1070. The summed E-state index contributed by atoms with van der Waals surface area (Å²) < 4.78 is 32.1. The number of ether oxygens (including phenoxy) is 1. The molecule has 0 aliphatic heterocycles. The van der Waals surface area contributed by atoms with E-state index in [4.69, 9.17) is 10.00 Å². The van der Waals surface area contributed by atoms with Crippen molar-refractivity contribution in [2.45, 2.75) is 0 Å². The Hall–Kier alpha value is -3.12. The molecule has 1 N–H and O–H groups in total. The third-order valence-corrected chi connectivity index (χ3v) is 3.88. The van der Waals surface area contributed by atoms with Crippen molar-refractivity contribution < 1.29 is 13.2 Å². The molecule has 3 aromatic heterocycles. The first-order valence-corrected chi connectivity index (χ1v) is 8.70. The Labute approximate surface area is 138 Å². The van der Waals surface area contributed by atoms with Crippen LogP contribution in [0.25, 0.3) is 16.8 Å². The van der Waals surface area contributed by atoms with Crippen LogP contribution < -0.4 is 9.46 Å². The summed E-state index contributed by atoms with van der Waals surface area (Å²) in [7, 11) is -2.06. The Morgan fingerprint density at radius 1 is 1.25 bits per heavy atom. The highest BCUT2D eigenvalue weighted by Gasteiger charge is 2.12. The summed E-state index contributed by atoms with van der Waals surface area (Å²) in [6.07, 6.45) is 5.85. The SMILES string of the molecule is COc1ncc(-c2ccc3ncc(C#N)n3c2)cc1NS(C)(=O)=O. The van der Waals surface area contributed by atoms with Crippen molar-refractivity contribution in [2.75, 3.05) is 18.1 Å². The van der Waals surface area contributed by atoms with E-state index in [2.05, 4.69) is 20.8 Å². The minimum Gasteiger partial charge on any atom is -0.480 e. The fraction of sp³-hybridized carbons (Fsp3) is 0.133. The number of pyridine rings is 2. The van der Waals surface area contributed by atoms with Gasteiger partial charge >= 0.3 is 0 Å². The molecule has 0 saturated carbocycles. The van der Waals surface area contributed by atoms with Gasteiger partial charge in [-0.05, 0) is 18.2 Å². The monoisotopic (exact) mass is 343 g/mol. The van der Waals surface area contributed by atoms with Crippen molar-refractivity contribution >= 4 is 21.4 Å². The maximum Gasteiger partial charge on any atom is 0.238 e. The number of rotatable bonds is 4. The average Bonchev–Trinajstić information content (AvgIpc) is 2.95. The van der Waals surface area contributed by atoms with Crippen LogP contribution in [-0.2, 0) is 10.0 Å². The van der Waals surface area contributed by atoms with E-state index in [1.54, 1.807) is 28.9 Å². The molecule has 3 heterocycles. The van der Waals surface area contributed by atoms with Crippen molar-refractivity contribution in [1.82, 2.24) is 14.4 Å². The van der Waals surface area contributed by atoms with Gasteiger partial charge in [-0.3, -0.25) is 9.12 Å². The molecule has 0 amide bonds. The highest BCUT2D eigenvalue weighted by atomic mass is 32.2. The van der Waals surface area contributed by atoms with Gasteiger partial charge in [0.15, 0.2) is 0 Å². The normalized spacial score (nSPS) is 11.2. The number of sulfonamides is 1. The van der Waals surface area contributed by atoms with E-state index >= 15 is 0 Å². The second-order valence-electron chi connectivity index (χ2n) is 5.06. The number of nitrogens with one attached hydrogen (secondary N) is 1. The number of nitrogens with zero attached hydrogens (tertiary/aromatic N) is 4. The van der Waals surface area contributed by atoms with Gasteiger partial charge < -0.3 is 4.74 Å². The first kappa shape index (κ1) is 15.8. The summed E-state index contributed by atoms with van der Waals surface area (Å²) in [5.74, 6) is 0.172. The smallest absolute Gasteiger partial charge is 0.238 e. The van der Waals surface area contributed by atoms with Crippen LogP contribution in [0.2, 0.25) is 0 Å². The molecule has 3 rings (SSSR count). The number of fused-ring (bicyclic) bond motifs is 1. The Morgan fingerprint density at radius 3 is 2.71 bits per heavy atom. The summed E-state index contributed by atoms with van der Waals surface area (Å²) in [6, 6.07) is 7.27. The molecule has 0 bridgehead atoms. The lowest BCUT2D eigenvalue weighted by Gasteiger charge is -2.11. The molecule has 0 atom stereocenters. The fourth-order valence-corrected chi connectivity index (χ4v) is 2.83. The second-order valence-corrected chi connectivity index (χ2v) is 6.80.